The predicted octanol–water partition coefficient (Wildman–Crippen LogP) is 3.86. The first-order valence-corrected chi connectivity index (χ1v) is 10.1. The third-order valence-electron chi connectivity index (χ3n) is 4.78. The highest BCUT2D eigenvalue weighted by Gasteiger charge is 2.16. The van der Waals surface area contributed by atoms with Crippen LogP contribution in [0.2, 0.25) is 0 Å². The number of hydrogen-bond acceptors (Lipinski definition) is 4. The molecule has 172 valence electrons. The molecular formula is C23H34FIN4O2. The summed E-state index contributed by atoms with van der Waals surface area (Å²) in [6, 6.07) is 12.7. The minimum atomic E-state index is -0.211. The zero-order chi connectivity index (χ0) is 21.9. The van der Waals surface area contributed by atoms with Crippen molar-refractivity contribution in [1.82, 2.24) is 15.5 Å². The van der Waals surface area contributed by atoms with Crippen LogP contribution >= 0.6 is 24.0 Å². The van der Waals surface area contributed by atoms with E-state index in [1.165, 1.54) is 6.07 Å². The molecule has 0 fully saturated rings. The van der Waals surface area contributed by atoms with Crippen molar-refractivity contribution in [3.05, 3.63) is 59.4 Å². The Labute approximate surface area is 202 Å². The Morgan fingerprint density at radius 2 is 1.81 bits per heavy atom. The van der Waals surface area contributed by atoms with Gasteiger partial charge in [-0.05, 0) is 62.8 Å². The molecule has 1 unspecified atom stereocenters. The summed E-state index contributed by atoms with van der Waals surface area (Å²) in [5.74, 6) is 1.93. The number of hydrogen-bond donors (Lipinski definition) is 2. The first-order valence-electron chi connectivity index (χ1n) is 10.1. The van der Waals surface area contributed by atoms with Crippen molar-refractivity contribution >= 4 is 29.9 Å². The Balaban J connectivity index is 0.00000480. The largest absolute Gasteiger partial charge is 0.493 e. The molecule has 0 aromatic heterocycles. The maximum atomic E-state index is 13.3. The number of rotatable bonds is 10. The van der Waals surface area contributed by atoms with Gasteiger partial charge in [0.05, 0.1) is 26.8 Å². The first-order chi connectivity index (χ1) is 14.5. The van der Waals surface area contributed by atoms with E-state index < -0.39 is 0 Å². The van der Waals surface area contributed by atoms with Crippen molar-refractivity contribution in [3.8, 4) is 11.5 Å². The van der Waals surface area contributed by atoms with Gasteiger partial charge >= 0.3 is 0 Å². The van der Waals surface area contributed by atoms with Gasteiger partial charge in [0.25, 0.3) is 0 Å². The van der Waals surface area contributed by atoms with Gasteiger partial charge in [0.15, 0.2) is 17.5 Å². The molecule has 2 N–H and O–H groups in total. The second-order valence-electron chi connectivity index (χ2n) is 7.12. The number of benzene rings is 2. The molecule has 31 heavy (non-hydrogen) atoms. The fourth-order valence-corrected chi connectivity index (χ4v) is 3.16. The van der Waals surface area contributed by atoms with E-state index in [-0.39, 0.29) is 35.8 Å². The molecule has 2 aromatic rings. The fraction of sp³-hybridized carbons (Fsp3) is 0.435. The van der Waals surface area contributed by atoms with E-state index in [2.05, 4.69) is 15.5 Å². The highest BCUT2D eigenvalue weighted by Crippen LogP contribution is 2.31. The topological polar surface area (TPSA) is 58.1 Å². The van der Waals surface area contributed by atoms with Crippen LogP contribution in [0.4, 0.5) is 4.39 Å². The summed E-state index contributed by atoms with van der Waals surface area (Å²) in [4.78, 5) is 6.89. The van der Waals surface area contributed by atoms with Crippen LogP contribution in [-0.4, -0.2) is 58.8 Å². The van der Waals surface area contributed by atoms with Crippen molar-refractivity contribution < 1.29 is 13.9 Å². The van der Waals surface area contributed by atoms with Crippen molar-refractivity contribution in [2.24, 2.45) is 4.99 Å². The number of nitrogens with zero attached hydrogens (tertiary/aromatic N) is 2. The average molecular weight is 544 g/mol. The highest BCUT2D eigenvalue weighted by atomic mass is 127. The second kappa shape index (κ2) is 14.1. The van der Waals surface area contributed by atoms with Gasteiger partial charge in [-0.15, -0.1) is 24.0 Å². The molecule has 0 bridgehead atoms. The Morgan fingerprint density at radius 3 is 2.42 bits per heavy atom. The summed E-state index contributed by atoms with van der Waals surface area (Å²) < 4.78 is 24.1. The molecule has 6 nitrogen and oxygen atoms in total. The standard InChI is InChI=1S/C23H33FN4O2.HI/c1-6-25-23(26-13-12-17-8-7-9-19(24)14-17)27-16-20(28(2)3)18-10-11-21(29-4)22(15-18)30-5;/h7-11,14-15,20H,6,12-13,16H2,1-5H3,(H2,25,26,27);1H. The Bertz CT molecular complexity index is 833. The smallest absolute Gasteiger partial charge is 0.191 e. The summed E-state index contributed by atoms with van der Waals surface area (Å²) in [7, 11) is 7.32. The quantitative estimate of drug-likeness (QED) is 0.271. The minimum absolute atomic E-state index is 0. The van der Waals surface area contributed by atoms with Crippen LogP contribution in [0, 0.1) is 5.82 Å². The molecule has 2 rings (SSSR count). The summed E-state index contributed by atoms with van der Waals surface area (Å²) in [6.45, 7) is 4.02. The monoisotopic (exact) mass is 544 g/mol. The Hall–Kier alpha value is -2.07. The molecule has 8 heteroatoms. The first kappa shape index (κ1) is 27.0. The molecule has 2 aromatic carbocycles. The van der Waals surface area contributed by atoms with Crippen molar-refractivity contribution in [1.29, 1.82) is 0 Å². The predicted molar refractivity (Wildman–Crippen MR) is 135 cm³/mol. The van der Waals surface area contributed by atoms with E-state index in [0.717, 1.165) is 30.1 Å². The number of nitrogens with one attached hydrogen (secondary N) is 2. The normalized spacial score (nSPS) is 12.2. The van der Waals surface area contributed by atoms with Crippen LogP contribution in [0.5, 0.6) is 11.5 Å². The van der Waals surface area contributed by atoms with E-state index in [9.17, 15) is 4.39 Å². The Kier molecular flexibility index (Phi) is 12.2. The molecule has 0 heterocycles. The third kappa shape index (κ3) is 8.53. The van der Waals surface area contributed by atoms with E-state index in [0.29, 0.717) is 24.6 Å². The maximum Gasteiger partial charge on any atom is 0.191 e. The van der Waals surface area contributed by atoms with Crippen LogP contribution in [0.25, 0.3) is 0 Å². The fourth-order valence-electron chi connectivity index (χ4n) is 3.16. The molecule has 0 saturated carbocycles. The summed E-state index contributed by atoms with van der Waals surface area (Å²) in [5, 5.41) is 6.60. The lowest BCUT2D eigenvalue weighted by Crippen LogP contribution is -2.39. The van der Waals surface area contributed by atoms with Crippen LogP contribution in [-0.2, 0) is 6.42 Å². The molecule has 0 amide bonds. The number of guanidine groups is 1. The van der Waals surface area contributed by atoms with Gasteiger partial charge < -0.3 is 25.0 Å². The summed E-state index contributed by atoms with van der Waals surface area (Å²) >= 11 is 0. The average Bonchev–Trinajstić information content (AvgIpc) is 2.73. The van der Waals surface area contributed by atoms with Gasteiger partial charge in [-0.2, -0.15) is 0 Å². The lowest BCUT2D eigenvalue weighted by Gasteiger charge is -2.24. The Morgan fingerprint density at radius 1 is 1.06 bits per heavy atom. The molecule has 0 aliphatic rings. The van der Waals surface area contributed by atoms with Crippen LogP contribution in [0.1, 0.15) is 24.1 Å². The second-order valence-corrected chi connectivity index (χ2v) is 7.12. The molecule has 0 saturated heterocycles. The molecule has 0 aliphatic carbocycles. The van der Waals surface area contributed by atoms with Crippen molar-refractivity contribution in [2.45, 2.75) is 19.4 Å². The number of aliphatic imine (C=N–C) groups is 1. The van der Waals surface area contributed by atoms with E-state index in [1.54, 1.807) is 26.4 Å². The lowest BCUT2D eigenvalue weighted by atomic mass is 10.1. The zero-order valence-corrected chi connectivity index (χ0v) is 21.3. The van der Waals surface area contributed by atoms with Gasteiger partial charge in [0.2, 0.25) is 0 Å². The van der Waals surface area contributed by atoms with Gasteiger partial charge in [-0.25, -0.2) is 4.39 Å². The van der Waals surface area contributed by atoms with E-state index in [4.69, 9.17) is 14.5 Å². The zero-order valence-electron chi connectivity index (χ0n) is 18.9. The molecular weight excluding hydrogens is 510 g/mol. The van der Waals surface area contributed by atoms with Crippen LogP contribution in [0.15, 0.2) is 47.5 Å². The number of likely N-dealkylation sites (N-methyl/N-ethyl adjacent to an activating group) is 1. The minimum Gasteiger partial charge on any atom is -0.493 e. The number of halogens is 2. The van der Waals surface area contributed by atoms with E-state index >= 15 is 0 Å². The van der Waals surface area contributed by atoms with Gasteiger partial charge in [-0.1, -0.05) is 18.2 Å². The molecule has 1 atom stereocenters. The summed E-state index contributed by atoms with van der Waals surface area (Å²) in [5.41, 5.74) is 2.05. The number of methoxy groups -OCH3 is 2. The molecule has 0 radical (unpaired) electrons. The molecule has 0 aliphatic heterocycles. The third-order valence-corrected chi connectivity index (χ3v) is 4.78. The lowest BCUT2D eigenvalue weighted by molar-refractivity contribution is 0.303. The van der Waals surface area contributed by atoms with Gasteiger partial charge in [0, 0.05) is 13.1 Å². The summed E-state index contributed by atoms with van der Waals surface area (Å²) in [6.07, 6.45) is 0.717. The maximum absolute atomic E-state index is 13.3. The highest BCUT2D eigenvalue weighted by molar-refractivity contribution is 14.0. The SMILES string of the molecule is CCNC(=NCC(c1ccc(OC)c(OC)c1)N(C)C)NCCc1cccc(F)c1.I. The van der Waals surface area contributed by atoms with Gasteiger partial charge in [0.1, 0.15) is 5.82 Å². The van der Waals surface area contributed by atoms with E-state index in [1.807, 2.05) is 45.3 Å². The number of ether oxygens (including phenoxy) is 2. The van der Waals surface area contributed by atoms with Crippen molar-refractivity contribution in [3.63, 3.8) is 0 Å². The van der Waals surface area contributed by atoms with Crippen molar-refractivity contribution in [2.75, 3.05) is 47.9 Å². The van der Waals surface area contributed by atoms with Crippen LogP contribution in [0.3, 0.4) is 0 Å². The molecule has 0 spiro atoms. The van der Waals surface area contributed by atoms with Crippen LogP contribution < -0.4 is 20.1 Å². The van der Waals surface area contributed by atoms with Gasteiger partial charge in [-0.3, -0.25) is 4.99 Å².